The number of carbonyl (C=O) groups is 2. The number of carbonyl (C=O) groups excluding carboxylic acids is 2. The second-order valence-electron chi connectivity index (χ2n) is 3.33. The van der Waals surface area contributed by atoms with Gasteiger partial charge in [0.1, 0.15) is 0 Å². The van der Waals surface area contributed by atoms with Crippen LogP contribution in [0.2, 0.25) is 0 Å². The summed E-state index contributed by atoms with van der Waals surface area (Å²) in [6, 6.07) is 4.65. The van der Waals surface area contributed by atoms with Gasteiger partial charge >= 0.3 is 11.9 Å². The van der Waals surface area contributed by atoms with Crippen LogP contribution in [0.15, 0.2) is 22.7 Å². The molecule has 116 valence electrons. The van der Waals surface area contributed by atoms with Crippen LogP contribution in [0.25, 0.3) is 0 Å². The SMILES string of the molecule is O=C(OC(Br)(Br)Br)c1cccc(Br)c1C(=O)OC(Br)(Br)Br. The molecule has 0 aliphatic carbocycles. The van der Waals surface area contributed by atoms with Crippen LogP contribution in [-0.2, 0) is 9.47 Å². The number of ether oxygens (including phenoxy) is 2. The van der Waals surface area contributed by atoms with Crippen molar-refractivity contribution in [3.63, 3.8) is 0 Å². The molecule has 0 heterocycles. The highest BCUT2D eigenvalue weighted by Gasteiger charge is 2.31. The van der Waals surface area contributed by atoms with E-state index < -0.39 is 16.6 Å². The normalized spacial score (nSPS) is 12.0. The van der Waals surface area contributed by atoms with Crippen LogP contribution in [0.5, 0.6) is 0 Å². The summed E-state index contributed by atoms with van der Waals surface area (Å²) >= 11 is 21.5. The van der Waals surface area contributed by atoms with Gasteiger partial charge < -0.3 is 9.47 Å². The lowest BCUT2D eigenvalue weighted by Crippen LogP contribution is -2.21. The topological polar surface area (TPSA) is 52.6 Å². The van der Waals surface area contributed by atoms with Crippen LogP contribution in [0, 0.1) is 0 Å². The molecule has 0 fully saturated rings. The van der Waals surface area contributed by atoms with Crippen molar-refractivity contribution < 1.29 is 19.1 Å². The van der Waals surface area contributed by atoms with Crippen molar-refractivity contribution in [3.05, 3.63) is 33.8 Å². The molecule has 0 atom stereocenters. The van der Waals surface area contributed by atoms with Gasteiger partial charge in [-0.2, -0.15) is 0 Å². The zero-order chi connectivity index (χ0) is 16.4. The van der Waals surface area contributed by atoms with Gasteiger partial charge in [-0.3, -0.25) is 0 Å². The first-order valence-electron chi connectivity index (χ1n) is 4.79. The fourth-order valence-corrected chi connectivity index (χ4v) is 2.63. The highest BCUT2D eigenvalue weighted by molar-refractivity contribution is 9.39. The average Bonchev–Trinajstić information content (AvgIpc) is 2.23. The van der Waals surface area contributed by atoms with E-state index in [1.54, 1.807) is 12.1 Å². The molecule has 0 unspecified atom stereocenters. The average molecular weight is 746 g/mol. The molecule has 0 aliphatic heterocycles. The van der Waals surface area contributed by atoms with Crippen LogP contribution >= 0.6 is 112 Å². The molecule has 21 heavy (non-hydrogen) atoms. The van der Waals surface area contributed by atoms with Crippen LogP contribution in [0.1, 0.15) is 20.7 Å². The Morgan fingerprint density at radius 3 is 1.81 bits per heavy atom. The van der Waals surface area contributed by atoms with E-state index in [9.17, 15) is 9.59 Å². The number of alkyl halides is 6. The maximum absolute atomic E-state index is 12.2. The van der Waals surface area contributed by atoms with Crippen molar-refractivity contribution >= 4 is 123 Å². The van der Waals surface area contributed by atoms with E-state index in [4.69, 9.17) is 9.47 Å². The maximum Gasteiger partial charge on any atom is 0.342 e. The third-order valence-corrected chi connectivity index (χ3v) is 3.49. The van der Waals surface area contributed by atoms with E-state index in [0.717, 1.165) is 0 Å². The standard InChI is InChI=1S/C10H3Br7O4/c11-5-3-1-2-4(7(18)20-9(12,13)14)6(5)8(19)21-10(15,16)17/h1-3H. The minimum absolute atomic E-state index is 0.0296. The summed E-state index contributed by atoms with van der Waals surface area (Å²) in [6.07, 6.45) is 0. The summed E-state index contributed by atoms with van der Waals surface area (Å²) in [5.41, 5.74) is 0.0656. The smallest absolute Gasteiger partial charge is 0.342 e. The minimum atomic E-state index is -1.23. The van der Waals surface area contributed by atoms with E-state index in [0.29, 0.717) is 4.47 Å². The largest absolute Gasteiger partial charge is 0.423 e. The Morgan fingerprint density at radius 1 is 0.857 bits per heavy atom. The summed E-state index contributed by atoms with van der Waals surface area (Å²) < 4.78 is 8.05. The van der Waals surface area contributed by atoms with Gasteiger partial charge in [0.25, 0.3) is 4.66 Å². The van der Waals surface area contributed by atoms with Crippen molar-refractivity contribution in [2.75, 3.05) is 0 Å². The Morgan fingerprint density at radius 2 is 1.33 bits per heavy atom. The molecule has 0 saturated carbocycles. The summed E-state index contributed by atoms with van der Waals surface area (Å²) in [5, 5.41) is 0. The lowest BCUT2D eigenvalue weighted by molar-refractivity contribution is 0.0489. The number of halogens is 7. The van der Waals surface area contributed by atoms with Crippen molar-refractivity contribution in [2.24, 2.45) is 0 Å². The molecule has 1 rings (SSSR count). The predicted molar refractivity (Wildman–Crippen MR) is 104 cm³/mol. The fraction of sp³-hybridized carbons (Fsp3) is 0.200. The molecule has 1 aromatic rings. The van der Waals surface area contributed by atoms with Crippen molar-refractivity contribution in [1.29, 1.82) is 0 Å². The summed E-state index contributed by atoms with van der Waals surface area (Å²) in [4.78, 5) is 24.3. The van der Waals surface area contributed by atoms with Gasteiger partial charge in [-0.15, -0.1) is 0 Å². The Bertz CT molecular complexity index is 562. The van der Waals surface area contributed by atoms with Gasteiger partial charge in [0.05, 0.1) is 11.1 Å². The first kappa shape index (κ1) is 20.6. The Balaban J connectivity index is 3.21. The molecule has 1 aromatic carbocycles. The zero-order valence-corrected chi connectivity index (χ0v) is 20.6. The summed E-state index contributed by atoms with van der Waals surface area (Å²) in [6.45, 7) is 0. The Labute approximate surface area is 179 Å². The summed E-state index contributed by atoms with van der Waals surface area (Å²) in [7, 11) is 0. The molecule has 0 N–H and O–H groups in total. The highest BCUT2D eigenvalue weighted by Crippen LogP contribution is 2.38. The fourth-order valence-electron chi connectivity index (χ4n) is 1.22. The third-order valence-electron chi connectivity index (χ3n) is 1.85. The first-order valence-corrected chi connectivity index (χ1v) is 10.3. The number of hydrogen-bond donors (Lipinski definition) is 0. The minimum Gasteiger partial charge on any atom is -0.423 e. The van der Waals surface area contributed by atoms with Gasteiger partial charge in [0.15, 0.2) is 0 Å². The maximum atomic E-state index is 12.2. The molecule has 0 bridgehead atoms. The van der Waals surface area contributed by atoms with E-state index in [-0.39, 0.29) is 11.1 Å². The van der Waals surface area contributed by atoms with Gasteiger partial charge in [-0.1, -0.05) is 6.07 Å². The molecular weight excluding hydrogens is 743 g/mol. The van der Waals surface area contributed by atoms with Crippen LogP contribution in [-0.4, -0.2) is 16.6 Å². The zero-order valence-electron chi connectivity index (χ0n) is 9.51. The Kier molecular flexibility index (Phi) is 7.90. The molecule has 4 nitrogen and oxygen atoms in total. The van der Waals surface area contributed by atoms with E-state index in [1.807, 2.05) is 0 Å². The molecule has 0 aromatic heterocycles. The molecule has 0 radical (unpaired) electrons. The second-order valence-corrected chi connectivity index (χ2v) is 17.3. The van der Waals surface area contributed by atoms with Crippen molar-refractivity contribution in [3.8, 4) is 0 Å². The lowest BCUT2D eigenvalue weighted by atomic mass is 10.1. The van der Waals surface area contributed by atoms with Gasteiger partial charge in [-0.25, -0.2) is 9.59 Å². The first-order chi connectivity index (χ1) is 9.41. The number of benzene rings is 1. The van der Waals surface area contributed by atoms with Crippen LogP contribution in [0.4, 0.5) is 0 Å². The van der Waals surface area contributed by atoms with Crippen molar-refractivity contribution in [2.45, 2.75) is 4.66 Å². The highest BCUT2D eigenvalue weighted by atomic mass is 80.0. The number of rotatable bonds is 2. The van der Waals surface area contributed by atoms with Gasteiger partial charge in [-0.05, 0) is 124 Å². The molecule has 11 heteroatoms. The summed E-state index contributed by atoms with van der Waals surface area (Å²) in [5.74, 6) is -1.48. The lowest BCUT2D eigenvalue weighted by Gasteiger charge is -2.18. The van der Waals surface area contributed by atoms with E-state index in [1.165, 1.54) is 6.07 Å². The predicted octanol–water partition coefficient (Wildman–Crippen LogP) is 6.35. The second kappa shape index (κ2) is 8.06. The van der Waals surface area contributed by atoms with Crippen molar-refractivity contribution in [1.82, 2.24) is 0 Å². The van der Waals surface area contributed by atoms with Crippen LogP contribution in [0.3, 0.4) is 0 Å². The molecule has 0 spiro atoms. The third kappa shape index (κ3) is 7.30. The van der Waals surface area contributed by atoms with E-state index in [2.05, 4.69) is 112 Å². The molecule has 0 aliphatic rings. The number of hydrogen-bond acceptors (Lipinski definition) is 4. The quantitative estimate of drug-likeness (QED) is 0.262. The van der Waals surface area contributed by atoms with E-state index >= 15 is 0 Å². The number of esters is 2. The molecular formula is C10H3Br7O4. The van der Waals surface area contributed by atoms with Crippen LogP contribution < -0.4 is 0 Å². The Hall–Kier alpha value is 1.52. The van der Waals surface area contributed by atoms with Gasteiger partial charge in [0.2, 0.25) is 0 Å². The molecule has 0 saturated heterocycles. The van der Waals surface area contributed by atoms with Gasteiger partial charge in [0, 0.05) is 4.47 Å². The monoisotopic (exact) mass is 739 g/mol. The molecule has 0 amide bonds.